The molecule has 1 heterocycles. The van der Waals surface area contributed by atoms with Crippen molar-refractivity contribution in [3.05, 3.63) is 71.3 Å². The topological polar surface area (TPSA) is 74.6 Å². The number of rotatable bonds is 5. The van der Waals surface area contributed by atoms with E-state index >= 15 is 0 Å². The van der Waals surface area contributed by atoms with Crippen LogP contribution in [0, 0.1) is 5.82 Å². The number of hydrogen-bond acceptors (Lipinski definition) is 4. The number of aromatic amines is 1. The number of benzene rings is 2. The molecule has 2 aromatic carbocycles. The Labute approximate surface area is 166 Å². The molecule has 0 radical (unpaired) electrons. The van der Waals surface area contributed by atoms with Crippen molar-refractivity contribution in [1.82, 2.24) is 5.10 Å². The maximum absolute atomic E-state index is 14.5. The molecule has 0 unspecified atom stereocenters. The molecule has 2 N–H and O–H groups in total. The first-order valence-electron chi connectivity index (χ1n) is 7.88. The van der Waals surface area contributed by atoms with Crippen molar-refractivity contribution in [3.63, 3.8) is 0 Å². The maximum Gasteiger partial charge on any atom is 0.573 e. The minimum atomic E-state index is -4.84. The molecule has 1 amide bonds. The van der Waals surface area contributed by atoms with Gasteiger partial charge < -0.3 is 14.8 Å². The highest BCUT2D eigenvalue weighted by Gasteiger charge is 2.31. The Kier molecular flexibility index (Phi) is 5.83. The monoisotopic (exact) mass is 428 g/mol. The molecule has 0 spiro atoms. The van der Waals surface area contributed by atoms with E-state index in [2.05, 4.69) is 20.3 Å². The Morgan fingerprint density at radius 3 is 2.38 bits per heavy atom. The van der Waals surface area contributed by atoms with Gasteiger partial charge in [0.2, 0.25) is 6.20 Å². The van der Waals surface area contributed by atoms with Gasteiger partial charge in [-0.2, -0.15) is 0 Å². The van der Waals surface area contributed by atoms with E-state index in [-0.39, 0.29) is 16.5 Å². The molecular formula is C18H11ClF4N3O3+. The van der Waals surface area contributed by atoms with Gasteiger partial charge in [0, 0.05) is 0 Å². The Balaban J connectivity index is 1.86. The number of alkyl halides is 3. The third-order valence-electron chi connectivity index (χ3n) is 3.45. The lowest BCUT2D eigenvalue weighted by molar-refractivity contribution is -0.454. The molecule has 150 valence electrons. The van der Waals surface area contributed by atoms with Crippen LogP contribution in [-0.4, -0.2) is 17.4 Å². The minimum Gasteiger partial charge on any atom is -0.456 e. The van der Waals surface area contributed by atoms with Crippen LogP contribution in [0.2, 0.25) is 5.02 Å². The quantitative estimate of drug-likeness (QED) is 0.601. The molecule has 0 saturated heterocycles. The predicted molar refractivity (Wildman–Crippen MR) is 93.4 cm³/mol. The molecule has 0 atom stereocenters. The Hall–Kier alpha value is -3.40. The Morgan fingerprint density at radius 1 is 1.07 bits per heavy atom. The van der Waals surface area contributed by atoms with Gasteiger partial charge in [-0.25, -0.2) is 4.39 Å². The number of carbonyl (C=O) groups excluding carboxylic acids is 1. The molecule has 0 saturated carbocycles. The lowest BCUT2D eigenvalue weighted by Crippen LogP contribution is -2.17. The number of ether oxygens (including phenoxy) is 2. The van der Waals surface area contributed by atoms with Gasteiger partial charge in [-0.05, 0) is 47.6 Å². The van der Waals surface area contributed by atoms with Gasteiger partial charge >= 0.3 is 6.36 Å². The van der Waals surface area contributed by atoms with E-state index < -0.39 is 29.4 Å². The van der Waals surface area contributed by atoms with Crippen molar-refractivity contribution in [3.8, 4) is 17.2 Å². The van der Waals surface area contributed by atoms with E-state index in [9.17, 15) is 22.4 Å². The van der Waals surface area contributed by atoms with Gasteiger partial charge in [0.05, 0.1) is 11.2 Å². The summed E-state index contributed by atoms with van der Waals surface area (Å²) in [6.45, 7) is 0. The van der Waals surface area contributed by atoms with E-state index in [1.54, 1.807) is 0 Å². The molecular weight excluding hydrogens is 418 g/mol. The van der Waals surface area contributed by atoms with Crippen LogP contribution in [0.15, 0.2) is 54.9 Å². The van der Waals surface area contributed by atoms with Crippen LogP contribution in [0.25, 0.3) is 0 Å². The molecule has 11 heteroatoms. The van der Waals surface area contributed by atoms with Crippen LogP contribution in [0.5, 0.6) is 17.2 Å². The van der Waals surface area contributed by atoms with Crippen molar-refractivity contribution < 1.29 is 36.9 Å². The van der Waals surface area contributed by atoms with Gasteiger partial charge in [-0.3, -0.25) is 4.79 Å². The van der Waals surface area contributed by atoms with Gasteiger partial charge in [-0.1, -0.05) is 11.6 Å². The van der Waals surface area contributed by atoms with E-state index in [1.807, 2.05) is 0 Å². The van der Waals surface area contributed by atoms with E-state index in [0.29, 0.717) is 5.69 Å². The number of hydrogen-bond donors (Lipinski definition) is 1. The lowest BCUT2D eigenvalue weighted by atomic mass is 10.1. The summed E-state index contributed by atoms with van der Waals surface area (Å²) < 4.78 is 60.5. The highest BCUT2D eigenvalue weighted by molar-refractivity contribution is 6.31. The van der Waals surface area contributed by atoms with Crippen molar-refractivity contribution in [2.45, 2.75) is 6.36 Å². The average molecular weight is 429 g/mol. The largest absolute Gasteiger partial charge is 0.573 e. The van der Waals surface area contributed by atoms with Crippen molar-refractivity contribution >= 4 is 23.2 Å². The third kappa shape index (κ3) is 5.32. The van der Waals surface area contributed by atoms with E-state index in [4.69, 9.17) is 16.3 Å². The van der Waals surface area contributed by atoms with Gasteiger partial charge in [-0.15, -0.1) is 18.3 Å². The second-order valence-electron chi connectivity index (χ2n) is 5.48. The molecule has 6 nitrogen and oxygen atoms in total. The summed E-state index contributed by atoms with van der Waals surface area (Å²) in [5.41, 5.74) is -0.172. The number of carbonyl (C=O) groups is 1. The zero-order valence-corrected chi connectivity index (χ0v) is 15.0. The molecule has 0 fully saturated rings. The average Bonchev–Trinajstić information content (AvgIpc) is 2.66. The highest BCUT2D eigenvalue weighted by Crippen LogP contribution is 2.33. The van der Waals surface area contributed by atoms with E-state index in [1.165, 1.54) is 42.7 Å². The number of nitrogens with one attached hydrogen (secondary N) is 2. The second kappa shape index (κ2) is 8.31. The summed E-state index contributed by atoms with van der Waals surface area (Å²) in [6.07, 6.45) is -2.08. The fourth-order valence-corrected chi connectivity index (χ4v) is 2.41. The number of H-pyrrole nitrogens is 1. The SMILES string of the molecule is O=C(Nc1ccn[nH+]c1)c1c(Oc2ccc(OC(F)(F)F)cc2)ccc(Cl)c1F. The summed E-state index contributed by atoms with van der Waals surface area (Å²) in [4.78, 5) is 12.5. The van der Waals surface area contributed by atoms with Crippen LogP contribution in [0.3, 0.4) is 0 Å². The summed E-state index contributed by atoms with van der Waals surface area (Å²) in [6, 6.07) is 8.30. The molecule has 0 aliphatic carbocycles. The van der Waals surface area contributed by atoms with Crippen LogP contribution in [0.1, 0.15) is 10.4 Å². The first kappa shape index (κ1) is 20.3. The molecule has 0 aliphatic heterocycles. The van der Waals surface area contributed by atoms with Crippen LogP contribution < -0.4 is 19.9 Å². The fraction of sp³-hybridized carbons (Fsp3) is 0.0556. The first-order chi connectivity index (χ1) is 13.7. The van der Waals surface area contributed by atoms with Crippen LogP contribution >= 0.6 is 11.6 Å². The zero-order chi connectivity index (χ0) is 21.0. The third-order valence-corrected chi connectivity index (χ3v) is 3.74. The maximum atomic E-state index is 14.5. The van der Waals surface area contributed by atoms with E-state index in [0.717, 1.165) is 12.1 Å². The molecule has 3 aromatic rings. The molecule has 29 heavy (non-hydrogen) atoms. The smallest absolute Gasteiger partial charge is 0.456 e. The summed E-state index contributed by atoms with van der Waals surface area (Å²) >= 11 is 5.77. The Morgan fingerprint density at radius 2 is 1.76 bits per heavy atom. The lowest BCUT2D eigenvalue weighted by Gasteiger charge is -2.13. The van der Waals surface area contributed by atoms with Gasteiger partial charge in [0.1, 0.15) is 28.5 Å². The molecule has 1 aromatic heterocycles. The predicted octanol–water partition coefficient (Wildman–Crippen LogP) is 4.63. The normalized spacial score (nSPS) is 11.1. The summed E-state index contributed by atoms with van der Waals surface area (Å²) in [7, 11) is 0. The van der Waals surface area contributed by atoms with Crippen molar-refractivity contribution in [2.75, 3.05) is 5.32 Å². The molecule has 0 aliphatic rings. The number of amides is 1. The van der Waals surface area contributed by atoms with Crippen LogP contribution in [0.4, 0.5) is 23.2 Å². The van der Waals surface area contributed by atoms with Gasteiger partial charge in [0.25, 0.3) is 5.91 Å². The summed E-state index contributed by atoms with van der Waals surface area (Å²) in [5.74, 6) is -2.47. The molecule has 3 rings (SSSR count). The standard InChI is InChI=1S/C18H10ClF4N3O3/c19-13-5-6-14(28-11-1-3-12(4-2-11)29-18(21,22)23)15(16(13)20)17(27)26-10-7-8-24-25-9-10/h1-9H,(H,24,26,27)/p+1. The Bertz CT molecular complexity index is 1020. The second-order valence-corrected chi connectivity index (χ2v) is 5.89. The highest BCUT2D eigenvalue weighted by atomic mass is 35.5. The summed E-state index contributed by atoms with van der Waals surface area (Å²) in [5, 5.41) is 8.34. The first-order valence-corrected chi connectivity index (χ1v) is 8.26. The number of aromatic nitrogens is 2. The number of halogens is 5. The minimum absolute atomic E-state index is 0.0486. The fourth-order valence-electron chi connectivity index (χ4n) is 2.25. The number of anilines is 1. The zero-order valence-electron chi connectivity index (χ0n) is 14.3. The van der Waals surface area contributed by atoms with Crippen LogP contribution in [-0.2, 0) is 0 Å². The number of nitrogens with zero attached hydrogens (tertiary/aromatic N) is 1. The van der Waals surface area contributed by atoms with Gasteiger partial charge in [0.15, 0.2) is 5.82 Å². The van der Waals surface area contributed by atoms with Crippen molar-refractivity contribution in [2.24, 2.45) is 0 Å². The van der Waals surface area contributed by atoms with Crippen molar-refractivity contribution in [1.29, 1.82) is 0 Å². The molecule has 0 bridgehead atoms.